The lowest BCUT2D eigenvalue weighted by atomic mass is 9.72. The van der Waals surface area contributed by atoms with Gasteiger partial charge in [-0.1, -0.05) is 0 Å². The van der Waals surface area contributed by atoms with Crippen LogP contribution in [0.15, 0.2) is 36.9 Å². The number of hydrogen-bond acceptors (Lipinski definition) is 5. The summed E-state index contributed by atoms with van der Waals surface area (Å²) in [5.74, 6) is 2.02. The van der Waals surface area contributed by atoms with Gasteiger partial charge in [-0.3, -0.25) is 9.78 Å². The van der Waals surface area contributed by atoms with E-state index in [9.17, 15) is 4.79 Å². The monoisotopic (exact) mass is 377 g/mol. The van der Waals surface area contributed by atoms with E-state index < -0.39 is 0 Å². The van der Waals surface area contributed by atoms with Crippen LogP contribution in [0, 0.1) is 5.41 Å². The number of amides is 1. The van der Waals surface area contributed by atoms with Gasteiger partial charge in [0.15, 0.2) is 0 Å². The average Bonchev–Trinajstić information content (AvgIpc) is 3.58. The number of aromatic nitrogens is 3. The first-order chi connectivity index (χ1) is 13.7. The molecule has 4 heterocycles. The molecular formula is C22H27N5O. The Hall–Kier alpha value is -2.50. The second-order valence-electron chi connectivity index (χ2n) is 8.67. The molecule has 5 rings (SSSR count). The number of pyridine rings is 1. The largest absolute Gasteiger partial charge is 0.356 e. The molecule has 0 atom stereocenters. The summed E-state index contributed by atoms with van der Waals surface area (Å²) < 4.78 is 0. The quantitative estimate of drug-likeness (QED) is 0.819. The van der Waals surface area contributed by atoms with Crippen LogP contribution in [0.2, 0.25) is 0 Å². The molecule has 146 valence electrons. The van der Waals surface area contributed by atoms with Crippen molar-refractivity contribution in [2.45, 2.75) is 51.0 Å². The standard InChI is InChI=1S/C22H27N5O/c28-21-3-6-22(15-27(21)14-17-4-9-23-10-5-17)7-11-26(12-8-22)20-13-19(18-1-2-18)24-16-25-20/h4-5,9-10,13,16,18H,1-3,6-8,11-12,14-15H2. The molecule has 0 radical (unpaired) electrons. The molecule has 0 bridgehead atoms. The maximum Gasteiger partial charge on any atom is 0.222 e. The maximum atomic E-state index is 12.5. The lowest BCUT2D eigenvalue weighted by Gasteiger charge is -2.47. The van der Waals surface area contributed by atoms with Crippen LogP contribution in [0.4, 0.5) is 5.82 Å². The van der Waals surface area contributed by atoms with E-state index in [0.717, 1.165) is 50.3 Å². The zero-order valence-corrected chi connectivity index (χ0v) is 16.3. The van der Waals surface area contributed by atoms with Gasteiger partial charge < -0.3 is 9.80 Å². The van der Waals surface area contributed by atoms with Gasteiger partial charge in [0.1, 0.15) is 12.1 Å². The van der Waals surface area contributed by atoms with Crippen molar-refractivity contribution in [1.82, 2.24) is 19.9 Å². The Balaban J connectivity index is 1.24. The minimum absolute atomic E-state index is 0.254. The highest BCUT2D eigenvalue weighted by molar-refractivity contribution is 5.77. The highest BCUT2D eigenvalue weighted by Gasteiger charge is 2.41. The normalized spacial score (nSPS) is 21.9. The molecule has 1 spiro atoms. The van der Waals surface area contributed by atoms with Crippen LogP contribution in [-0.4, -0.2) is 45.4 Å². The lowest BCUT2D eigenvalue weighted by Crippen LogP contribution is -2.51. The van der Waals surface area contributed by atoms with E-state index in [1.165, 1.54) is 18.5 Å². The fourth-order valence-corrected chi connectivity index (χ4v) is 4.71. The second kappa shape index (κ2) is 7.15. The van der Waals surface area contributed by atoms with Gasteiger partial charge in [-0.25, -0.2) is 9.97 Å². The number of rotatable bonds is 4. The summed E-state index contributed by atoms with van der Waals surface area (Å²) in [5.41, 5.74) is 2.62. The Morgan fingerprint density at radius 1 is 1.07 bits per heavy atom. The number of hydrogen-bond donors (Lipinski definition) is 0. The van der Waals surface area contributed by atoms with E-state index in [0.29, 0.717) is 18.9 Å². The molecule has 2 aliphatic heterocycles. The molecule has 1 aliphatic carbocycles. The molecule has 28 heavy (non-hydrogen) atoms. The first kappa shape index (κ1) is 17.6. The molecule has 0 N–H and O–H groups in total. The highest BCUT2D eigenvalue weighted by atomic mass is 16.2. The van der Waals surface area contributed by atoms with Crippen LogP contribution < -0.4 is 4.90 Å². The summed E-state index contributed by atoms with van der Waals surface area (Å²) in [4.78, 5) is 30.0. The summed E-state index contributed by atoms with van der Waals surface area (Å²) in [6.07, 6.45) is 11.8. The summed E-state index contributed by atoms with van der Waals surface area (Å²) in [6, 6.07) is 6.20. The summed E-state index contributed by atoms with van der Waals surface area (Å²) in [5, 5.41) is 0. The van der Waals surface area contributed by atoms with Gasteiger partial charge in [-0.2, -0.15) is 0 Å². The molecule has 0 aromatic carbocycles. The molecule has 6 nitrogen and oxygen atoms in total. The van der Waals surface area contributed by atoms with Crippen LogP contribution >= 0.6 is 0 Å². The summed E-state index contributed by atoms with van der Waals surface area (Å²) in [6.45, 7) is 3.60. The number of carbonyl (C=O) groups is 1. The SMILES string of the molecule is O=C1CCC2(CCN(c3cc(C4CC4)ncn3)CC2)CN1Cc1ccncc1. The van der Waals surface area contributed by atoms with Crippen molar-refractivity contribution in [3.8, 4) is 0 Å². The van der Waals surface area contributed by atoms with E-state index in [4.69, 9.17) is 0 Å². The van der Waals surface area contributed by atoms with Gasteiger partial charge in [-0.15, -0.1) is 0 Å². The Labute approximate surface area is 166 Å². The Morgan fingerprint density at radius 2 is 1.86 bits per heavy atom. The lowest BCUT2D eigenvalue weighted by molar-refractivity contribution is -0.139. The van der Waals surface area contributed by atoms with E-state index in [1.54, 1.807) is 18.7 Å². The second-order valence-corrected chi connectivity index (χ2v) is 8.67. The van der Waals surface area contributed by atoms with Gasteiger partial charge in [0.25, 0.3) is 0 Å². The fourth-order valence-electron chi connectivity index (χ4n) is 4.71. The van der Waals surface area contributed by atoms with E-state index in [2.05, 4.69) is 30.8 Å². The fraction of sp³-hybridized carbons (Fsp3) is 0.545. The molecule has 1 saturated carbocycles. The van der Waals surface area contributed by atoms with Crippen molar-refractivity contribution in [2.24, 2.45) is 5.41 Å². The van der Waals surface area contributed by atoms with Crippen molar-refractivity contribution in [3.05, 3.63) is 48.2 Å². The van der Waals surface area contributed by atoms with E-state index in [1.807, 2.05) is 12.1 Å². The molecule has 1 amide bonds. The number of likely N-dealkylation sites (tertiary alicyclic amines) is 1. The zero-order valence-electron chi connectivity index (χ0n) is 16.3. The first-order valence-electron chi connectivity index (χ1n) is 10.4. The van der Waals surface area contributed by atoms with Crippen molar-refractivity contribution in [1.29, 1.82) is 0 Å². The van der Waals surface area contributed by atoms with Gasteiger partial charge in [0.05, 0.1) is 0 Å². The zero-order chi connectivity index (χ0) is 19.0. The molecule has 3 fully saturated rings. The van der Waals surface area contributed by atoms with Crippen molar-refractivity contribution in [2.75, 3.05) is 24.5 Å². The molecule has 6 heteroatoms. The van der Waals surface area contributed by atoms with Crippen LogP contribution in [0.3, 0.4) is 0 Å². The third-order valence-electron chi connectivity index (χ3n) is 6.69. The van der Waals surface area contributed by atoms with Crippen LogP contribution in [0.1, 0.15) is 55.7 Å². The molecule has 2 aromatic rings. The maximum absolute atomic E-state index is 12.5. The van der Waals surface area contributed by atoms with Gasteiger partial charge in [0, 0.05) is 62.7 Å². The van der Waals surface area contributed by atoms with Crippen LogP contribution in [0.5, 0.6) is 0 Å². The molecule has 0 unspecified atom stereocenters. The third kappa shape index (κ3) is 3.60. The predicted molar refractivity (Wildman–Crippen MR) is 107 cm³/mol. The number of anilines is 1. The summed E-state index contributed by atoms with van der Waals surface area (Å²) in [7, 11) is 0. The minimum Gasteiger partial charge on any atom is -0.356 e. The number of piperidine rings is 2. The Morgan fingerprint density at radius 3 is 2.61 bits per heavy atom. The van der Waals surface area contributed by atoms with Crippen molar-refractivity contribution in [3.63, 3.8) is 0 Å². The van der Waals surface area contributed by atoms with Gasteiger partial charge in [-0.05, 0) is 55.2 Å². The van der Waals surface area contributed by atoms with Crippen LogP contribution in [0.25, 0.3) is 0 Å². The molecule has 2 aromatic heterocycles. The minimum atomic E-state index is 0.254. The highest BCUT2D eigenvalue weighted by Crippen LogP contribution is 2.42. The smallest absolute Gasteiger partial charge is 0.222 e. The van der Waals surface area contributed by atoms with Crippen molar-refractivity contribution >= 4 is 11.7 Å². The summed E-state index contributed by atoms with van der Waals surface area (Å²) >= 11 is 0. The first-order valence-corrected chi connectivity index (χ1v) is 10.4. The predicted octanol–water partition coefficient (Wildman–Crippen LogP) is 3.16. The topological polar surface area (TPSA) is 62.2 Å². The van der Waals surface area contributed by atoms with E-state index in [-0.39, 0.29) is 11.3 Å². The van der Waals surface area contributed by atoms with Crippen LogP contribution in [-0.2, 0) is 11.3 Å². The van der Waals surface area contributed by atoms with Crippen molar-refractivity contribution < 1.29 is 4.79 Å². The molecule has 2 saturated heterocycles. The molecule has 3 aliphatic rings. The third-order valence-corrected chi connectivity index (χ3v) is 6.69. The van der Waals surface area contributed by atoms with Gasteiger partial charge in [0.2, 0.25) is 5.91 Å². The number of carbonyl (C=O) groups excluding carboxylic acids is 1. The average molecular weight is 377 g/mol. The van der Waals surface area contributed by atoms with Gasteiger partial charge >= 0.3 is 0 Å². The number of nitrogens with zero attached hydrogens (tertiary/aromatic N) is 5. The Bertz CT molecular complexity index is 843. The Kier molecular flexibility index (Phi) is 4.49. The molecular weight excluding hydrogens is 350 g/mol. The van der Waals surface area contributed by atoms with E-state index >= 15 is 0 Å².